The molecular formula is C19H25Ir-. The topological polar surface area (TPSA) is 0 Å². The van der Waals surface area contributed by atoms with Gasteiger partial charge < -0.3 is 0 Å². The molecule has 2 aliphatic rings. The second-order valence-corrected chi connectivity index (χ2v) is 4.51. The Labute approximate surface area is 137 Å². The molecule has 0 fully saturated rings. The van der Waals surface area contributed by atoms with Crippen LogP contribution in [0.1, 0.15) is 38.2 Å². The summed E-state index contributed by atoms with van der Waals surface area (Å²) in [6.07, 6.45) is 23.2. The molecule has 0 amide bonds. The summed E-state index contributed by atoms with van der Waals surface area (Å²) >= 11 is 0. The summed E-state index contributed by atoms with van der Waals surface area (Å²) in [5, 5.41) is 0. The average Bonchev–Trinajstić information content (AvgIpc) is 3.06. The van der Waals surface area contributed by atoms with E-state index in [-0.39, 0.29) is 20.1 Å². The normalized spacial score (nSPS) is 14.4. The van der Waals surface area contributed by atoms with E-state index < -0.39 is 0 Å². The van der Waals surface area contributed by atoms with Crippen LogP contribution in [0.15, 0.2) is 72.9 Å². The fourth-order valence-corrected chi connectivity index (χ4v) is 1.73. The molecule has 0 aliphatic heterocycles. The van der Waals surface area contributed by atoms with E-state index in [0.717, 1.165) is 6.42 Å². The van der Waals surface area contributed by atoms with Gasteiger partial charge in [-0.1, -0.05) is 62.0 Å². The van der Waals surface area contributed by atoms with Gasteiger partial charge in [0, 0.05) is 20.1 Å². The molecule has 0 saturated heterocycles. The van der Waals surface area contributed by atoms with Gasteiger partial charge >= 0.3 is 0 Å². The summed E-state index contributed by atoms with van der Waals surface area (Å²) in [6, 6.07) is 8.41. The second kappa shape index (κ2) is 14.4. The van der Waals surface area contributed by atoms with Gasteiger partial charge in [-0.25, -0.2) is 12.1 Å². The van der Waals surface area contributed by atoms with Crippen molar-refractivity contribution in [3.8, 4) is 0 Å². The predicted molar refractivity (Wildman–Crippen MR) is 86.4 cm³/mol. The van der Waals surface area contributed by atoms with E-state index in [1.54, 1.807) is 0 Å². The molecule has 20 heavy (non-hydrogen) atoms. The van der Waals surface area contributed by atoms with Crippen molar-refractivity contribution in [1.82, 2.24) is 0 Å². The van der Waals surface area contributed by atoms with Crippen LogP contribution >= 0.6 is 0 Å². The first-order valence-electron chi connectivity index (χ1n) is 7.27. The minimum atomic E-state index is 0. The average molecular weight is 446 g/mol. The monoisotopic (exact) mass is 446 g/mol. The van der Waals surface area contributed by atoms with Gasteiger partial charge in [-0.05, 0) is 25.7 Å². The van der Waals surface area contributed by atoms with Crippen LogP contribution in [-0.4, -0.2) is 0 Å². The van der Waals surface area contributed by atoms with Crippen molar-refractivity contribution >= 4 is 0 Å². The zero-order valence-electron chi connectivity index (χ0n) is 12.3. The van der Waals surface area contributed by atoms with E-state index in [9.17, 15) is 0 Å². The summed E-state index contributed by atoms with van der Waals surface area (Å²) < 4.78 is 0. The van der Waals surface area contributed by atoms with Crippen LogP contribution in [-0.2, 0) is 26.5 Å². The van der Waals surface area contributed by atoms with Crippen LogP contribution < -0.4 is 0 Å². The Balaban J connectivity index is 0.000000265. The van der Waals surface area contributed by atoms with Gasteiger partial charge in [-0.15, -0.1) is 0 Å². The third-order valence-corrected chi connectivity index (χ3v) is 2.91. The third kappa shape index (κ3) is 10.8. The maximum Gasteiger partial charge on any atom is 0 e. The van der Waals surface area contributed by atoms with Crippen molar-refractivity contribution in [2.24, 2.45) is 0 Å². The molecule has 0 nitrogen and oxygen atoms in total. The largest absolute Gasteiger partial charge is 0.213 e. The number of aryl methyl sites for hydroxylation is 1. The summed E-state index contributed by atoms with van der Waals surface area (Å²) in [7, 11) is 0. The van der Waals surface area contributed by atoms with E-state index in [2.05, 4.69) is 79.8 Å². The van der Waals surface area contributed by atoms with Crippen molar-refractivity contribution in [2.75, 3.05) is 0 Å². The van der Waals surface area contributed by atoms with Crippen LogP contribution in [0, 0.1) is 0 Å². The number of hydrogen-bond donors (Lipinski definition) is 0. The van der Waals surface area contributed by atoms with Crippen LogP contribution in [0.3, 0.4) is 0 Å². The maximum atomic E-state index is 2.18. The number of allylic oxidation sites excluding steroid dienone is 8. The molecule has 1 heteroatoms. The second-order valence-electron chi connectivity index (χ2n) is 4.51. The minimum Gasteiger partial charge on any atom is -0.213 e. The number of rotatable bonds is 1. The fraction of sp³-hybridized carbons (Fsp3) is 0.316. The van der Waals surface area contributed by atoms with Crippen molar-refractivity contribution in [3.63, 3.8) is 0 Å². The molecule has 0 aromatic heterocycles. The van der Waals surface area contributed by atoms with Crippen molar-refractivity contribution < 1.29 is 20.1 Å². The third-order valence-electron chi connectivity index (χ3n) is 2.91. The molecule has 0 heterocycles. The number of hydrogen-bond acceptors (Lipinski definition) is 0. The van der Waals surface area contributed by atoms with Crippen LogP contribution in [0.4, 0.5) is 0 Å². The molecule has 1 aromatic rings. The Hall–Kier alpha value is -1.04. The molecule has 0 spiro atoms. The molecule has 111 valence electrons. The van der Waals surface area contributed by atoms with Gasteiger partial charge in [-0.2, -0.15) is 17.7 Å². The standard InChI is InChI=1S/C7H9.2C6H8.Ir/c1-2-7-5-3-4-6-7;2*1-2-4-6-5-3-1;/h3-6H,2H2,1H3;2*1-4H,5-6H2;/q-1;;;. The van der Waals surface area contributed by atoms with Gasteiger partial charge in [0.2, 0.25) is 0 Å². The smallest absolute Gasteiger partial charge is 0 e. The van der Waals surface area contributed by atoms with Crippen molar-refractivity contribution in [2.45, 2.75) is 39.0 Å². The molecule has 0 N–H and O–H groups in total. The van der Waals surface area contributed by atoms with Gasteiger partial charge in [0.05, 0.1) is 0 Å². The van der Waals surface area contributed by atoms with Gasteiger partial charge in [0.15, 0.2) is 0 Å². The molecule has 0 saturated carbocycles. The Morgan fingerprint density at radius 3 is 1.20 bits per heavy atom. The summed E-state index contributed by atoms with van der Waals surface area (Å²) in [6.45, 7) is 2.16. The van der Waals surface area contributed by atoms with E-state index in [1.165, 1.54) is 31.2 Å². The molecule has 1 radical (unpaired) electrons. The minimum absolute atomic E-state index is 0. The maximum absolute atomic E-state index is 2.18. The van der Waals surface area contributed by atoms with E-state index >= 15 is 0 Å². The Bertz CT molecular complexity index is 357. The van der Waals surface area contributed by atoms with Gasteiger partial charge in [0.25, 0.3) is 0 Å². The Morgan fingerprint density at radius 2 is 1.05 bits per heavy atom. The summed E-state index contributed by atoms with van der Waals surface area (Å²) in [5.41, 5.74) is 1.43. The fourth-order valence-electron chi connectivity index (χ4n) is 1.73. The first kappa shape index (κ1) is 19.0. The molecule has 1 aromatic carbocycles. The predicted octanol–water partition coefficient (Wildman–Crippen LogP) is 5.75. The first-order chi connectivity index (χ1) is 9.43. The van der Waals surface area contributed by atoms with E-state index in [1.807, 2.05) is 0 Å². The van der Waals surface area contributed by atoms with Gasteiger partial charge in [-0.3, -0.25) is 0 Å². The summed E-state index contributed by atoms with van der Waals surface area (Å²) in [5.74, 6) is 0. The molecular weight excluding hydrogens is 420 g/mol. The quantitative estimate of drug-likeness (QED) is 0.483. The molecule has 2 aliphatic carbocycles. The first-order valence-corrected chi connectivity index (χ1v) is 7.27. The van der Waals surface area contributed by atoms with Crippen LogP contribution in [0.2, 0.25) is 0 Å². The molecule has 0 unspecified atom stereocenters. The molecule has 3 rings (SSSR count). The Morgan fingerprint density at radius 1 is 0.700 bits per heavy atom. The van der Waals surface area contributed by atoms with E-state index in [0.29, 0.717) is 0 Å². The van der Waals surface area contributed by atoms with E-state index in [4.69, 9.17) is 0 Å². The molecule has 0 atom stereocenters. The van der Waals surface area contributed by atoms with Gasteiger partial charge in [0.1, 0.15) is 0 Å². The zero-order valence-corrected chi connectivity index (χ0v) is 14.7. The Kier molecular flexibility index (Phi) is 13.6. The van der Waals surface area contributed by atoms with Crippen molar-refractivity contribution in [3.05, 3.63) is 78.4 Å². The van der Waals surface area contributed by atoms with Crippen LogP contribution in [0.25, 0.3) is 0 Å². The summed E-state index contributed by atoms with van der Waals surface area (Å²) in [4.78, 5) is 0. The van der Waals surface area contributed by atoms with Crippen LogP contribution in [0.5, 0.6) is 0 Å². The molecule has 0 bridgehead atoms. The SMILES string of the molecule is C1=CCCC=C1.C1=CCCC=C1.CC[c-]1cccc1.[Ir]. The zero-order chi connectivity index (χ0) is 13.6. The van der Waals surface area contributed by atoms with Crippen molar-refractivity contribution in [1.29, 1.82) is 0 Å².